The lowest BCUT2D eigenvalue weighted by atomic mass is 10.1. The van der Waals surface area contributed by atoms with Crippen LogP contribution in [0.2, 0.25) is 0 Å². The predicted molar refractivity (Wildman–Crippen MR) is 105 cm³/mol. The van der Waals surface area contributed by atoms with Crippen LogP contribution in [0.3, 0.4) is 0 Å². The second-order valence-corrected chi connectivity index (χ2v) is 6.81. The molecule has 2 rings (SSSR count). The maximum atomic E-state index is 12.9. The molecule has 1 aliphatic heterocycles. The van der Waals surface area contributed by atoms with E-state index in [1.165, 1.54) is 4.90 Å². The van der Waals surface area contributed by atoms with Gasteiger partial charge in [0.25, 0.3) is 5.91 Å². The molecule has 1 N–H and O–H groups in total. The van der Waals surface area contributed by atoms with Gasteiger partial charge in [0, 0.05) is 18.7 Å². The van der Waals surface area contributed by atoms with E-state index in [0.29, 0.717) is 44.0 Å². The van der Waals surface area contributed by atoms with Crippen molar-refractivity contribution < 1.29 is 23.9 Å². The van der Waals surface area contributed by atoms with E-state index in [2.05, 4.69) is 12.2 Å². The van der Waals surface area contributed by atoms with Gasteiger partial charge in [-0.3, -0.25) is 14.4 Å². The van der Waals surface area contributed by atoms with Crippen molar-refractivity contribution in [3.8, 4) is 5.75 Å². The second kappa shape index (κ2) is 11.3. The Morgan fingerprint density at radius 2 is 1.86 bits per heavy atom. The van der Waals surface area contributed by atoms with Crippen molar-refractivity contribution in [3.63, 3.8) is 0 Å². The monoisotopic (exact) mass is 390 g/mol. The molecule has 1 aliphatic rings. The summed E-state index contributed by atoms with van der Waals surface area (Å²) < 4.78 is 10.7. The zero-order valence-corrected chi connectivity index (χ0v) is 16.7. The molecule has 1 fully saturated rings. The number of ether oxygens (including phenoxy) is 2. The van der Waals surface area contributed by atoms with Gasteiger partial charge in [-0.05, 0) is 37.1 Å². The van der Waals surface area contributed by atoms with E-state index in [4.69, 9.17) is 9.47 Å². The molecule has 0 bridgehead atoms. The van der Waals surface area contributed by atoms with E-state index in [0.717, 1.165) is 19.3 Å². The highest BCUT2D eigenvalue weighted by molar-refractivity contribution is 5.99. The highest BCUT2D eigenvalue weighted by Crippen LogP contribution is 2.18. The summed E-state index contributed by atoms with van der Waals surface area (Å²) in [5.74, 6) is -0.370. The minimum absolute atomic E-state index is 0.143. The highest BCUT2D eigenvalue weighted by atomic mass is 16.5. The van der Waals surface area contributed by atoms with Gasteiger partial charge in [0.1, 0.15) is 11.8 Å². The van der Waals surface area contributed by atoms with Crippen LogP contribution in [-0.2, 0) is 14.3 Å². The fourth-order valence-corrected chi connectivity index (χ4v) is 3.00. The number of nitrogens with one attached hydrogen (secondary N) is 1. The number of esters is 1. The van der Waals surface area contributed by atoms with Crippen LogP contribution >= 0.6 is 0 Å². The average molecular weight is 390 g/mol. The summed E-state index contributed by atoms with van der Waals surface area (Å²) in [5, 5.41) is 2.71. The average Bonchev–Trinajstić information content (AvgIpc) is 2.71. The Bertz CT molecular complexity index is 659. The summed E-state index contributed by atoms with van der Waals surface area (Å²) in [4.78, 5) is 38.6. The van der Waals surface area contributed by atoms with Crippen LogP contribution in [0.15, 0.2) is 24.3 Å². The standard InChI is InChI=1S/C21H30N2O5/c1-3-5-6-14-27-17-9-7-16(8-10-17)21(26)23-12-11-22-20(25)18(23)15-19(24)28-13-4-2/h7-10,18H,3-6,11-15H2,1-2H3,(H,22,25)/t18-/m1/s1. The molecule has 154 valence electrons. The number of hydrogen-bond donors (Lipinski definition) is 1. The Labute approximate surface area is 166 Å². The first-order chi connectivity index (χ1) is 13.6. The number of piperazine rings is 1. The molecule has 1 saturated heterocycles. The van der Waals surface area contributed by atoms with Crippen molar-refractivity contribution in [1.29, 1.82) is 0 Å². The van der Waals surface area contributed by atoms with Gasteiger partial charge in [0.15, 0.2) is 0 Å². The minimum atomic E-state index is -0.851. The van der Waals surface area contributed by atoms with Crippen molar-refractivity contribution in [2.45, 2.75) is 52.0 Å². The molecule has 0 spiro atoms. The third-order valence-electron chi connectivity index (χ3n) is 4.54. The third kappa shape index (κ3) is 6.25. The van der Waals surface area contributed by atoms with Crippen LogP contribution in [0.25, 0.3) is 0 Å². The van der Waals surface area contributed by atoms with Crippen LogP contribution in [0.5, 0.6) is 5.75 Å². The maximum Gasteiger partial charge on any atom is 0.308 e. The molecule has 0 aliphatic carbocycles. The number of amides is 2. The van der Waals surface area contributed by atoms with Crippen molar-refractivity contribution in [2.75, 3.05) is 26.3 Å². The molecule has 1 heterocycles. The second-order valence-electron chi connectivity index (χ2n) is 6.81. The van der Waals surface area contributed by atoms with Gasteiger partial charge in [0.2, 0.25) is 5.91 Å². The first-order valence-corrected chi connectivity index (χ1v) is 10.0. The van der Waals surface area contributed by atoms with Crippen molar-refractivity contribution >= 4 is 17.8 Å². The van der Waals surface area contributed by atoms with E-state index < -0.39 is 12.0 Å². The molecule has 1 atom stereocenters. The number of carbonyl (C=O) groups excluding carboxylic acids is 3. The Kier molecular flexibility index (Phi) is 8.78. The van der Waals surface area contributed by atoms with Gasteiger partial charge in [0.05, 0.1) is 19.6 Å². The molecule has 28 heavy (non-hydrogen) atoms. The fraction of sp³-hybridized carbons (Fsp3) is 0.571. The van der Waals surface area contributed by atoms with E-state index in [9.17, 15) is 14.4 Å². The number of benzene rings is 1. The largest absolute Gasteiger partial charge is 0.494 e. The Morgan fingerprint density at radius 1 is 1.11 bits per heavy atom. The lowest BCUT2D eigenvalue weighted by Crippen LogP contribution is -2.57. The summed E-state index contributed by atoms with van der Waals surface area (Å²) in [5.41, 5.74) is 0.461. The van der Waals surface area contributed by atoms with Crippen LogP contribution in [0.4, 0.5) is 0 Å². The quantitative estimate of drug-likeness (QED) is 0.490. The van der Waals surface area contributed by atoms with E-state index in [1.54, 1.807) is 24.3 Å². The Morgan fingerprint density at radius 3 is 2.54 bits per heavy atom. The van der Waals surface area contributed by atoms with Gasteiger partial charge in [-0.25, -0.2) is 0 Å². The Balaban J connectivity index is 2.01. The summed E-state index contributed by atoms with van der Waals surface area (Å²) in [6, 6.07) is 6.05. The van der Waals surface area contributed by atoms with Gasteiger partial charge in [-0.1, -0.05) is 26.7 Å². The summed E-state index contributed by atoms with van der Waals surface area (Å²) >= 11 is 0. The van der Waals surface area contributed by atoms with Gasteiger partial charge >= 0.3 is 5.97 Å². The molecule has 7 heteroatoms. The van der Waals surface area contributed by atoms with Crippen LogP contribution in [0, 0.1) is 0 Å². The SMILES string of the molecule is CCCCCOc1ccc(C(=O)N2CCNC(=O)[C@H]2CC(=O)OCCC)cc1. The normalized spacial score (nSPS) is 16.4. The molecule has 1 aromatic carbocycles. The van der Waals surface area contributed by atoms with Crippen LogP contribution in [-0.4, -0.2) is 55.0 Å². The molecule has 7 nitrogen and oxygen atoms in total. The number of unbranched alkanes of at least 4 members (excludes halogenated alkanes) is 2. The number of hydrogen-bond acceptors (Lipinski definition) is 5. The summed E-state index contributed by atoms with van der Waals surface area (Å²) in [6.07, 6.45) is 3.81. The smallest absolute Gasteiger partial charge is 0.308 e. The molecule has 1 aromatic rings. The number of rotatable bonds is 10. The molecule has 0 saturated carbocycles. The topological polar surface area (TPSA) is 84.9 Å². The molecule has 0 radical (unpaired) electrons. The van der Waals surface area contributed by atoms with Gasteiger partial charge in [-0.2, -0.15) is 0 Å². The molecule has 2 amide bonds. The van der Waals surface area contributed by atoms with Gasteiger partial charge in [-0.15, -0.1) is 0 Å². The third-order valence-corrected chi connectivity index (χ3v) is 4.54. The zero-order chi connectivity index (χ0) is 20.4. The van der Waals surface area contributed by atoms with Crippen LogP contribution < -0.4 is 10.1 Å². The van der Waals surface area contributed by atoms with E-state index in [-0.39, 0.29) is 18.2 Å². The summed E-state index contributed by atoms with van der Waals surface area (Å²) in [7, 11) is 0. The van der Waals surface area contributed by atoms with E-state index in [1.807, 2.05) is 6.92 Å². The maximum absolute atomic E-state index is 12.9. The van der Waals surface area contributed by atoms with Gasteiger partial charge < -0.3 is 19.7 Å². The number of carbonyl (C=O) groups is 3. The van der Waals surface area contributed by atoms with Crippen molar-refractivity contribution in [3.05, 3.63) is 29.8 Å². The lowest BCUT2D eigenvalue weighted by molar-refractivity contribution is -0.147. The van der Waals surface area contributed by atoms with Crippen molar-refractivity contribution in [2.24, 2.45) is 0 Å². The zero-order valence-electron chi connectivity index (χ0n) is 16.7. The Hall–Kier alpha value is -2.57. The number of nitrogens with zero attached hydrogens (tertiary/aromatic N) is 1. The molecule has 0 aromatic heterocycles. The molecule has 0 unspecified atom stereocenters. The first-order valence-electron chi connectivity index (χ1n) is 10.0. The summed E-state index contributed by atoms with van der Waals surface area (Å²) in [6.45, 7) is 5.71. The first kappa shape index (κ1) is 21.7. The molecular weight excluding hydrogens is 360 g/mol. The van der Waals surface area contributed by atoms with E-state index >= 15 is 0 Å². The highest BCUT2D eigenvalue weighted by Gasteiger charge is 2.35. The van der Waals surface area contributed by atoms with Crippen LogP contribution in [0.1, 0.15) is 56.3 Å². The lowest BCUT2D eigenvalue weighted by Gasteiger charge is -2.34. The minimum Gasteiger partial charge on any atom is -0.494 e. The molecular formula is C21H30N2O5. The van der Waals surface area contributed by atoms with Crippen molar-refractivity contribution in [1.82, 2.24) is 10.2 Å². The fourth-order valence-electron chi connectivity index (χ4n) is 3.00. The predicted octanol–water partition coefficient (Wildman–Crippen LogP) is 2.54.